The number of aromatic nitrogens is 2. The van der Waals surface area contributed by atoms with Crippen LogP contribution in [-0.2, 0) is 17.9 Å². The zero-order valence-electron chi connectivity index (χ0n) is 16.4. The first-order chi connectivity index (χ1) is 14.7. The summed E-state index contributed by atoms with van der Waals surface area (Å²) < 4.78 is 16.1. The van der Waals surface area contributed by atoms with Crippen LogP contribution in [0.3, 0.4) is 0 Å². The van der Waals surface area contributed by atoms with E-state index < -0.39 is 0 Å². The highest BCUT2D eigenvalue weighted by Gasteiger charge is 2.26. The molecule has 1 fully saturated rings. The zero-order valence-corrected chi connectivity index (χ0v) is 17.2. The van der Waals surface area contributed by atoms with E-state index in [1.165, 1.54) is 0 Å². The predicted octanol–water partition coefficient (Wildman–Crippen LogP) is 3.06. The van der Waals surface area contributed by atoms with Crippen molar-refractivity contribution >= 4 is 17.2 Å². The number of hydrogen-bond acceptors (Lipinski definition) is 8. The third kappa shape index (κ3) is 4.17. The molecule has 156 valence electrons. The van der Waals surface area contributed by atoms with Crippen molar-refractivity contribution in [3.05, 3.63) is 47.2 Å². The quantitative estimate of drug-likeness (QED) is 0.648. The Hall–Kier alpha value is -2.91. The number of nitrogens with zero attached hydrogens (tertiary/aromatic N) is 3. The largest absolute Gasteiger partial charge is 0.454 e. The lowest BCUT2D eigenvalue weighted by Gasteiger charge is -2.30. The van der Waals surface area contributed by atoms with Crippen molar-refractivity contribution in [1.82, 2.24) is 20.4 Å². The van der Waals surface area contributed by atoms with E-state index in [0.717, 1.165) is 47.9 Å². The van der Waals surface area contributed by atoms with Gasteiger partial charge in [-0.1, -0.05) is 17.3 Å². The Labute approximate surface area is 177 Å². The van der Waals surface area contributed by atoms with Gasteiger partial charge in [0.2, 0.25) is 24.4 Å². The summed E-state index contributed by atoms with van der Waals surface area (Å²) in [5.74, 6) is 2.87. The van der Waals surface area contributed by atoms with E-state index in [9.17, 15) is 4.79 Å². The molecule has 2 aliphatic rings. The van der Waals surface area contributed by atoms with Crippen molar-refractivity contribution in [2.24, 2.45) is 5.92 Å². The number of carbonyl (C=O) groups is 1. The second kappa shape index (κ2) is 8.45. The number of likely N-dealkylation sites (tertiary alicyclic amines) is 1. The van der Waals surface area contributed by atoms with Crippen LogP contribution in [0.1, 0.15) is 24.3 Å². The maximum atomic E-state index is 12.6. The lowest BCUT2D eigenvalue weighted by molar-refractivity contribution is -0.126. The lowest BCUT2D eigenvalue weighted by atomic mass is 9.96. The fourth-order valence-electron chi connectivity index (χ4n) is 3.75. The number of thiophene rings is 1. The van der Waals surface area contributed by atoms with E-state index in [0.29, 0.717) is 24.8 Å². The SMILES string of the molecule is O=C(NCc1ccc2c(c1)OCO2)C1CCN(Cc2nc(-c3cccs3)no2)CC1. The first kappa shape index (κ1) is 19.1. The van der Waals surface area contributed by atoms with Crippen LogP contribution in [0.5, 0.6) is 11.5 Å². The molecule has 4 heterocycles. The average molecular weight is 426 g/mol. The summed E-state index contributed by atoms with van der Waals surface area (Å²) >= 11 is 1.59. The molecular weight excluding hydrogens is 404 g/mol. The van der Waals surface area contributed by atoms with Gasteiger partial charge in [0, 0.05) is 12.5 Å². The van der Waals surface area contributed by atoms with E-state index in [4.69, 9.17) is 14.0 Å². The van der Waals surface area contributed by atoms with E-state index in [1.807, 2.05) is 35.7 Å². The standard InChI is InChI=1S/C21H22N4O4S/c26-21(22-11-14-3-4-16-17(10-14)28-13-27-16)15-5-7-25(8-6-15)12-19-23-20(24-29-19)18-2-1-9-30-18/h1-4,9-10,15H,5-8,11-13H2,(H,22,26). The highest BCUT2D eigenvalue weighted by atomic mass is 32.1. The minimum atomic E-state index is 0.0274. The molecule has 0 saturated carbocycles. The van der Waals surface area contributed by atoms with Gasteiger partial charge in [0.05, 0.1) is 11.4 Å². The molecule has 0 radical (unpaired) electrons. The number of piperidine rings is 1. The number of amides is 1. The molecule has 0 bridgehead atoms. The Balaban J connectivity index is 1.08. The Bertz CT molecular complexity index is 1010. The lowest BCUT2D eigenvalue weighted by Crippen LogP contribution is -2.40. The predicted molar refractivity (Wildman–Crippen MR) is 110 cm³/mol. The van der Waals surface area contributed by atoms with Crippen LogP contribution in [0.25, 0.3) is 10.7 Å². The first-order valence-electron chi connectivity index (χ1n) is 9.99. The topological polar surface area (TPSA) is 89.7 Å². The molecule has 0 atom stereocenters. The molecule has 9 heteroatoms. The molecule has 30 heavy (non-hydrogen) atoms. The Morgan fingerprint density at radius 2 is 2.07 bits per heavy atom. The van der Waals surface area contributed by atoms with Gasteiger partial charge in [-0.05, 0) is 55.1 Å². The number of benzene rings is 1. The molecule has 2 aromatic heterocycles. The third-order valence-electron chi connectivity index (χ3n) is 5.43. The van der Waals surface area contributed by atoms with Crippen LogP contribution in [0, 0.1) is 5.92 Å². The maximum absolute atomic E-state index is 12.6. The van der Waals surface area contributed by atoms with E-state index in [1.54, 1.807) is 11.3 Å². The molecule has 0 aliphatic carbocycles. The first-order valence-corrected chi connectivity index (χ1v) is 10.9. The maximum Gasteiger partial charge on any atom is 0.241 e. The van der Waals surface area contributed by atoms with Gasteiger partial charge < -0.3 is 19.3 Å². The van der Waals surface area contributed by atoms with Crippen molar-refractivity contribution < 1.29 is 18.8 Å². The monoisotopic (exact) mass is 426 g/mol. The van der Waals surface area contributed by atoms with Crippen molar-refractivity contribution in [2.75, 3.05) is 19.9 Å². The van der Waals surface area contributed by atoms with Gasteiger partial charge in [0.15, 0.2) is 11.5 Å². The van der Waals surface area contributed by atoms with Gasteiger partial charge in [-0.2, -0.15) is 4.98 Å². The third-order valence-corrected chi connectivity index (χ3v) is 6.30. The Morgan fingerprint density at radius 3 is 2.90 bits per heavy atom. The molecular formula is C21H22N4O4S. The number of ether oxygens (including phenoxy) is 2. The normalized spacial score (nSPS) is 16.7. The highest BCUT2D eigenvalue weighted by Crippen LogP contribution is 2.32. The Kier molecular flexibility index (Phi) is 5.37. The minimum Gasteiger partial charge on any atom is -0.454 e. The van der Waals surface area contributed by atoms with Crippen molar-refractivity contribution in [3.8, 4) is 22.2 Å². The molecule has 8 nitrogen and oxygen atoms in total. The fourth-order valence-corrected chi connectivity index (χ4v) is 4.40. The summed E-state index contributed by atoms with van der Waals surface area (Å²) in [7, 11) is 0. The number of nitrogens with one attached hydrogen (secondary N) is 1. The zero-order chi connectivity index (χ0) is 20.3. The molecule has 1 N–H and O–H groups in total. The number of rotatable bonds is 6. The number of carbonyl (C=O) groups excluding carboxylic acids is 1. The molecule has 1 aromatic carbocycles. The van der Waals surface area contributed by atoms with Gasteiger partial charge in [-0.15, -0.1) is 11.3 Å². The number of fused-ring (bicyclic) bond motifs is 1. The molecule has 0 spiro atoms. The minimum absolute atomic E-state index is 0.0274. The second-order valence-electron chi connectivity index (χ2n) is 7.44. The van der Waals surface area contributed by atoms with Gasteiger partial charge in [-0.25, -0.2) is 0 Å². The van der Waals surface area contributed by atoms with Gasteiger partial charge in [0.1, 0.15) is 0 Å². The summed E-state index contributed by atoms with van der Waals surface area (Å²) in [6.07, 6.45) is 1.64. The van der Waals surface area contributed by atoms with Crippen molar-refractivity contribution in [2.45, 2.75) is 25.9 Å². The average Bonchev–Trinajstić information content (AvgIpc) is 3.53. The van der Waals surface area contributed by atoms with Crippen LogP contribution in [0.2, 0.25) is 0 Å². The van der Waals surface area contributed by atoms with Crippen LogP contribution >= 0.6 is 11.3 Å². The second-order valence-corrected chi connectivity index (χ2v) is 8.39. The smallest absolute Gasteiger partial charge is 0.241 e. The Morgan fingerprint density at radius 1 is 1.20 bits per heavy atom. The van der Waals surface area contributed by atoms with Crippen LogP contribution in [0.15, 0.2) is 40.2 Å². The van der Waals surface area contributed by atoms with E-state index >= 15 is 0 Å². The van der Waals surface area contributed by atoms with E-state index in [-0.39, 0.29) is 18.6 Å². The van der Waals surface area contributed by atoms with Crippen LogP contribution in [-0.4, -0.2) is 40.8 Å². The summed E-state index contributed by atoms with van der Waals surface area (Å²) in [6.45, 7) is 3.02. The molecule has 0 unspecified atom stereocenters. The highest BCUT2D eigenvalue weighted by molar-refractivity contribution is 7.13. The van der Waals surface area contributed by atoms with Crippen LogP contribution in [0.4, 0.5) is 0 Å². The van der Waals surface area contributed by atoms with Crippen LogP contribution < -0.4 is 14.8 Å². The summed E-state index contributed by atoms with van der Waals surface area (Å²) in [6, 6.07) is 9.69. The molecule has 3 aromatic rings. The molecule has 1 saturated heterocycles. The summed E-state index contributed by atoms with van der Waals surface area (Å²) in [5.41, 5.74) is 1.00. The molecule has 1 amide bonds. The number of hydrogen-bond donors (Lipinski definition) is 1. The van der Waals surface area contributed by atoms with Crippen molar-refractivity contribution in [3.63, 3.8) is 0 Å². The molecule has 5 rings (SSSR count). The summed E-state index contributed by atoms with van der Waals surface area (Å²) in [4.78, 5) is 20.3. The summed E-state index contributed by atoms with van der Waals surface area (Å²) in [5, 5.41) is 9.10. The van der Waals surface area contributed by atoms with Gasteiger partial charge in [-0.3, -0.25) is 9.69 Å². The van der Waals surface area contributed by atoms with Gasteiger partial charge >= 0.3 is 0 Å². The molecule has 2 aliphatic heterocycles. The van der Waals surface area contributed by atoms with Crippen molar-refractivity contribution in [1.29, 1.82) is 0 Å². The van der Waals surface area contributed by atoms with E-state index in [2.05, 4.69) is 20.4 Å². The van der Waals surface area contributed by atoms with Gasteiger partial charge in [0.25, 0.3) is 0 Å². The fraction of sp³-hybridized carbons (Fsp3) is 0.381.